The van der Waals surface area contributed by atoms with Crippen LogP contribution in [-0.2, 0) is 20.2 Å². The number of rotatable bonds is 12. The van der Waals surface area contributed by atoms with Gasteiger partial charge >= 0.3 is 52.8 Å². The molecule has 0 radical (unpaired) electrons. The third-order valence-electron chi connectivity index (χ3n) is 6.81. The van der Waals surface area contributed by atoms with E-state index in [1.807, 2.05) is 12.1 Å². The molecule has 0 unspecified atom stereocenters. The van der Waals surface area contributed by atoms with Crippen LogP contribution in [0.2, 0.25) is 10.6 Å². The molecule has 0 fully saturated rings. The third kappa shape index (κ3) is 11.2. The molecule has 0 amide bonds. The van der Waals surface area contributed by atoms with Crippen LogP contribution in [0, 0.1) is 0 Å². The minimum absolute atomic E-state index is 0. The van der Waals surface area contributed by atoms with E-state index in [-0.39, 0.29) is 111 Å². The number of hydrogen-bond acceptors (Lipinski definition) is 15. The fourth-order valence-electron chi connectivity index (χ4n) is 4.60. The van der Waals surface area contributed by atoms with Gasteiger partial charge in [0.1, 0.15) is 15.0 Å². The molecule has 4 aromatic carbocycles. The summed E-state index contributed by atoms with van der Waals surface area (Å²) < 4.78 is 71.8. The van der Waals surface area contributed by atoms with Gasteiger partial charge in [0.15, 0.2) is 0 Å². The normalized spacial score (nSPS) is 11.5. The van der Waals surface area contributed by atoms with Crippen LogP contribution in [-0.4, -0.2) is 55.8 Å². The van der Waals surface area contributed by atoms with Gasteiger partial charge in [0.25, 0.3) is 10.1 Å². The predicted octanol–water partition coefficient (Wildman–Crippen LogP) is 3.89. The van der Waals surface area contributed by atoms with Crippen molar-refractivity contribution in [2.24, 2.45) is 0 Å². The van der Waals surface area contributed by atoms with Crippen LogP contribution in [0.3, 0.4) is 0 Å². The Morgan fingerprint density at radius 3 is 1.30 bits per heavy atom. The quantitative estimate of drug-likeness (QED) is 0.0669. The van der Waals surface area contributed by atoms with Crippen molar-refractivity contribution < 1.29 is 80.2 Å². The topological polar surface area (TPSA) is 237 Å². The Morgan fingerprint density at radius 2 is 0.925 bits per heavy atom. The van der Waals surface area contributed by atoms with Crippen LogP contribution in [0.5, 0.6) is 0 Å². The number of anilines is 8. The molecule has 16 nitrogen and oxygen atoms in total. The van der Waals surface area contributed by atoms with E-state index in [2.05, 4.69) is 51.2 Å². The van der Waals surface area contributed by atoms with Gasteiger partial charge in [0.05, 0.1) is 4.90 Å². The first kappa shape index (κ1) is 40.1. The van der Waals surface area contributed by atoms with Gasteiger partial charge < -0.3 is 27.2 Å². The Balaban J connectivity index is 0.00000271. The van der Waals surface area contributed by atoms with Crippen molar-refractivity contribution in [3.05, 3.63) is 119 Å². The van der Waals surface area contributed by atoms with Crippen molar-refractivity contribution >= 4 is 102 Å². The minimum atomic E-state index is -5.06. The summed E-state index contributed by atoms with van der Waals surface area (Å²) in [7, 11) is -9.89. The molecule has 266 valence electrons. The molecule has 2 aromatic heterocycles. The molecule has 0 spiro atoms. The second-order valence-corrected chi connectivity index (χ2v) is 13.9. The van der Waals surface area contributed by atoms with Gasteiger partial charge in [-0.1, -0.05) is 60.7 Å². The van der Waals surface area contributed by atoms with E-state index < -0.39 is 30.0 Å². The molecular weight excluding hydrogens is 795 g/mol. The van der Waals surface area contributed by atoms with E-state index in [0.29, 0.717) is 11.4 Å². The van der Waals surface area contributed by atoms with Gasteiger partial charge in [-0.2, -0.15) is 38.3 Å². The summed E-state index contributed by atoms with van der Waals surface area (Å²) >= 11 is 12.1. The molecule has 6 rings (SSSR count). The van der Waals surface area contributed by atoms with Crippen molar-refractivity contribution in [2.75, 3.05) is 21.3 Å². The molecule has 6 aromatic rings. The monoisotopic (exact) mass is 818 g/mol. The number of aromatic nitrogens is 6. The first-order valence-electron chi connectivity index (χ1n) is 14.7. The average molecular weight is 820 g/mol. The number of nitrogens with one attached hydrogen (secondary N) is 4. The average Bonchev–Trinajstić information content (AvgIpc) is 3.07. The van der Waals surface area contributed by atoms with Crippen LogP contribution in [0.25, 0.3) is 12.2 Å². The van der Waals surface area contributed by atoms with Crippen LogP contribution in [0.15, 0.2) is 107 Å². The fourth-order valence-corrected chi connectivity index (χ4v) is 6.33. The molecule has 2 heterocycles. The second kappa shape index (κ2) is 17.3. The summed E-state index contributed by atoms with van der Waals surface area (Å²) in [5, 5.41) is 11.2. The van der Waals surface area contributed by atoms with Crippen molar-refractivity contribution in [3.8, 4) is 0 Å². The van der Waals surface area contributed by atoms with Gasteiger partial charge in [0.2, 0.25) is 34.4 Å². The molecule has 0 aliphatic heterocycles. The number of hydrogen-bond donors (Lipinski definition) is 5. The van der Waals surface area contributed by atoms with E-state index in [1.54, 1.807) is 48.5 Å². The van der Waals surface area contributed by atoms with E-state index in [0.717, 1.165) is 12.1 Å². The van der Waals surface area contributed by atoms with Crippen LogP contribution in [0.1, 0.15) is 14.0 Å². The molecule has 0 aliphatic rings. The molecule has 0 atom stereocenters. The third-order valence-corrected chi connectivity index (χ3v) is 8.94. The Labute approximate surface area is 358 Å². The number of para-hydroxylation sites is 2. The Kier molecular flexibility index (Phi) is 13.1. The van der Waals surface area contributed by atoms with Crippen LogP contribution in [0.4, 0.5) is 46.5 Å². The largest absolute Gasteiger partial charge is 1.00 e. The van der Waals surface area contributed by atoms with E-state index >= 15 is 0 Å². The summed E-state index contributed by atoms with van der Waals surface area (Å²) in [5.41, 5.74) is 1.50. The second-order valence-electron chi connectivity index (χ2n) is 10.5. The first-order valence-corrected chi connectivity index (χ1v) is 18.3. The first-order chi connectivity index (χ1) is 24.8. The number of benzene rings is 4. The SMILES string of the molecule is O=S(=O)([O-])c1cc(Nc2nc(Cl)nc(Nc3ccccc3)n2)ccc1C=Cc1ccc(Nc2nc(Cl)nc(Nc3ccccc3)n2)cc1S(=O)(=O)O.[H+].[H-].[K+]. The van der Waals surface area contributed by atoms with Crippen molar-refractivity contribution in [1.82, 2.24) is 29.9 Å². The van der Waals surface area contributed by atoms with Crippen LogP contribution < -0.4 is 72.7 Å². The molecule has 0 bridgehead atoms. The summed E-state index contributed by atoms with van der Waals surface area (Å²) in [5.74, 6) is 0.119. The molecule has 0 saturated heterocycles. The van der Waals surface area contributed by atoms with Gasteiger partial charge in [0, 0.05) is 22.7 Å². The summed E-state index contributed by atoms with van der Waals surface area (Å²) in [6, 6.07) is 25.7. The predicted molar refractivity (Wildman–Crippen MR) is 198 cm³/mol. The molecule has 0 aliphatic carbocycles. The smallest absolute Gasteiger partial charge is 1.00 e. The summed E-state index contributed by atoms with van der Waals surface area (Å²) in [6.45, 7) is 0. The number of halogens is 2. The zero-order valence-electron chi connectivity index (χ0n) is 29.1. The minimum Gasteiger partial charge on any atom is -1.00 e. The van der Waals surface area contributed by atoms with Gasteiger partial charge in [-0.25, -0.2) is 8.42 Å². The Morgan fingerprint density at radius 1 is 0.566 bits per heavy atom. The summed E-state index contributed by atoms with van der Waals surface area (Å²) in [4.78, 5) is 23.3. The maximum Gasteiger partial charge on any atom is 1.00 e. The van der Waals surface area contributed by atoms with E-state index in [4.69, 9.17) is 23.2 Å². The van der Waals surface area contributed by atoms with Gasteiger partial charge in [-0.3, -0.25) is 4.55 Å². The Hall–Kier alpha value is -4.12. The standard InChI is InChI=1S/C32H24Cl2N10O6S2.K.H/c33-27-39-29(35-21-7-3-1-4-8-21)43-31(41-27)37-23-15-13-19(25(17-23)51(45,46)47)11-12-20-14-16-24(18-26(20)52(48,49)50)38-32-42-28(34)40-30(44-32)36-22-9-5-2-6-10-22;;/h1-18H,(H,45,46,47)(H,48,49,50)(H2,35,37,39,41,43)(H2,36,38,40,42,44);;/q;+1;-1. The Bertz CT molecular complexity index is 2360. The van der Waals surface area contributed by atoms with Gasteiger partial charge in [-0.15, -0.1) is 0 Å². The molecule has 53 heavy (non-hydrogen) atoms. The zero-order valence-corrected chi connectivity index (χ0v) is 33.4. The van der Waals surface area contributed by atoms with Crippen molar-refractivity contribution in [3.63, 3.8) is 0 Å². The van der Waals surface area contributed by atoms with Crippen LogP contribution >= 0.6 is 23.2 Å². The number of nitrogens with zero attached hydrogens (tertiary/aromatic N) is 6. The summed E-state index contributed by atoms with van der Waals surface area (Å²) in [6.07, 6.45) is 2.43. The maximum absolute atomic E-state index is 12.4. The van der Waals surface area contributed by atoms with E-state index in [1.165, 1.54) is 36.4 Å². The molecule has 21 heteroatoms. The fraction of sp³-hybridized carbons (Fsp3) is 0. The van der Waals surface area contributed by atoms with E-state index in [9.17, 15) is 25.9 Å². The molecule has 0 saturated carbocycles. The maximum atomic E-state index is 12.4. The van der Waals surface area contributed by atoms with Crippen molar-refractivity contribution in [1.29, 1.82) is 0 Å². The molecule has 5 N–H and O–H groups in total. The van der Waals surface area contributed by atoms with Gasteiger partial charge in [-0.05, 0) is 82.9 Å². The van der Waals surface area contributed by atoms with Crippen molar-refractivity contribution in [2.45, 2.75) is 9.79 Å². The zero-order chi connectivity index (χ0) is 36.9. The molecular formula is C32H25Cl2KN10O6S2.